The van der Waals surface area contributed by atoms with Crippen LogP contribution in [-0.2, 0) is 20.9 Å². The number of nitrogens with one attached hydrogen (secondary N) is 1. The van der Waals surface area contributed by atoms with Gasteiger partial charge in [0.1, 0.15) is 11.4 Å². The van der Waals surface area contributed by atoms with Crippen molar-refractivity contribution < 1.29 is 23.9 Å². The van der Waals surface area contributed by atoms with E-state index in [2.05, 4.69) is 6.92 Å². The number of rotatable bonds is 3. The number of aliphatic hydroxyl groups is 1. The van der Waals surface area contributed by atoms with Gasteiger partial charge in [-0.25, -0.2) is 4.79 Å². The number of hydrogen-bond donors (Lipinski definition) is 2. The summed E-state index contributed by atoms with van der Waals surface area (Å²) in [6.07, 6.45) is 5.64. The molecule has 0 amide bonds. The van der Waals surface area contributed by atoms with Gasteiger partial charge in [-0.05, 0) is 55.4 Å². The van der Waals surface area contributed by atoms with E-state index in [1.165, 1.54) is 0 Å². The van der Waals surface area contributed by atoms with Crippen molar-refractivity contribution in [1.29, 1.82) is 0 Å². The molecule has 4 aliphatic rings. The fourth-order valence-corrected chi connectivity index (χ4v) is 7.73. The third-order valence-electron chi connectivity index (χ3n) is 9.55. The maximum Gasteiger partial charge on any atom is 0.328 e. The standard InChI is InChI=1S/C25H29FN2O6/c1-23-7-5-14(29)9-13(23)3-4-15-16-6-8-25(34,24(16,2)10-18(30)20(15)23)19(31)12-28-11-17(26)21(32)27-22(28)33/h9,11,15-16,20,34H,3-8,10,12H2,1-2H3,(H,27,32,33). The van der Waals surface area contributed by atoms with Crippen LogP contribution >= 0.6 is 0 Å². The van der Waals surface area contributed by atoms with Gasteiger partial charge < -0.3 is 5.11 Å². The summed E-state index contributed by atoms with van der Waals surface area (Å²) in [7, 11) is 0. The maximum atomic E-state index is 13.7. The second kappa shape index (κ2) is 7.41. The summed E-state index contributed by atoms with van der Waals surface area (Å²) in [5.74, 6) is -2.06. The summed E-state index contributed by atoms with van der Waals surface area (Å²) in [4.78, 5) is 64.2. The molecule has 8 nitrogen and oxygen atoms in total. The van der Waals surface area contributed by atoms with Crippen molar-refractivity contribution in [2.75, 3.05) is 0 Å². The molecule has 3 fully saturated rings. The predicted molar refractivity (Wildman–Crippen MR) is 118 cm³/mol. The molecule has 6 atom stereocenters. The van der Waals surface area contributed by atoms with Crippen LogP contribution in [0.4, 0.5) is 4.39 Å². The Kier molecular flexibility index (Phi) is 5.03. The monoisotopic (exact) mass is 472 g/mol. The van der Waals surface area contributed by atoms with E-state index in [9.17, 15) is 33.5 Å². The lowest BCUT2D eigenvalue weighted by Crippen LogP contribution is -2.61. The molecule has 182 valence electrons. The lowest BCUT2D eigenvalue weighted by molar-refractivity contribution is -0.169. The molecule has 0 saturated heterocycles. The first kappa shape index (κ1) is 23.1. The fourth-order valence-electron chi connectivity index (χ4n) is 7.73. The van der Waals surface area contributed by atoms with Gasteiger partial charge >= 0.3 is 5.69 Å². The number of hydrogen-bond acceptors (Lipinski definition) is 6. The molecule has 1 heterocycles. The van der Waals surface area contributed by atoms with Gasteiger partial charge in [0.25, 0.3) is 5.56 Å². The number of allylic oxidation sites excluding steroid dienone is 1. The largest absolute Gasteiger partial charge is 0.381 e. The minimum absolute atomic E-state index is 0.00308. The van der Waals surface area contributed by atoms with Crippen LogP contribution in [0, 0.1) is 34.4 Å². The summed E-state index contributed by atoms with van der Waals surface area (Å²) < 4.78 is 14.5. The number of fused-ring (bicyclic) bond motifs is 5. The molecule has 0 radical (unpaired) electrons. The smallest absolute Gasteiger partial charge is 0.328 e. The molecule has 2 N–H and O–H groups in total. The maximum absolute atomic E-state index is 13.7. The number of ketones is 3. The van der Waals surface area contributed by atoms with Crippen molar-refractivity contribution in [1.82, 2.24) is 9.55 Å². The van der Waals surface area contributed by atoms with E-state index < -0.39 is 40.4 Å². The molecule has 4 aliphatic carbocycles. The Bertz CT molecular complexity index is 1260. The van der Waals surface area contributed by atoms with Crippen LogP contribution in [0.25, 0.3) is 0 Å². The number of Topliss-reactive ketones (excluding diaryl/α,β-unsaturated/α-hetero) is 2. The Morgan fingerprint density at radius 2 is 1.91 bits per heavy atom. The molecule has 34 heavy (non-hydrogen) atoms. The lowest BCUT2D eigenvalue weighted by Gasteiger charge is -2.57. The molecule has 5 rings (SSSR count). The Balaban J connectivity index is 1.47. The molecule has 0 aliphatic heterocycles. The van der Waals surface area contributed by atoms with Crippen LogP contribution in [0.1, 0.15) is 58.8 Å². The molecule has 0 bridgehead atoms. The van der Waals surface area contributed by atoms with E-state index in [0.29, 0.717) is 25.5 Å². The molecule has 1 aromatic rings. The first-order valence-electron chi connectivity index (χ1n) is 11.9. The van der Waals surface area contributed by atoms with E-state index in [1.54, 1.807) is 13.0 Å². The first-order chi connectivity index (χ1) is 15.9. The average Bonchev–Trinajstić information content (AvgIpc) is 3.03. The number of H-pyrrole nitrogens is 1. The van der Waals surface area contributed by atoms with E-state index >= 15 is 0 Å². The third-order valence-corrected chi connectivity index (χ3v) is 9.55. The van der Waals surface area contributed by atoms with Crippen molar-refractivity contribution in [3.05, 3.63) is 44.5 Å². The number of aromatic nitrogens is 2. The Hall–Kier alpha value is -2.68. The second-order valence-corrected chi connectivity index (χ2v) is 11.1. The topological polar surface area (TPSA) is 126 Å². The molecule has 9 heteroatoms. The van der Waals surface area contributed by atoms with Crippen LogP contribution < -0.4 is 11.2 Å². The Morgan fingerprint density at radius 1 is 1.18 bits per heavy atom. The summed E-state index contributed by atoms with van der Waals surface area (Å²) >= 11 is 0. The minimum atomic E-state index is -1.84. The molecule has 0 aromatic carbocycles. The van der Waals surface area contributed by atoms with Gasteiger partial charge in [-0.15, -0.1) is 0 Å². The van der Waals surface area contributed by atoms with Crippen LogP contribution in [0.5, 0.6) is 0 Å². The van der Waals surface area contributed by atoms with Crippen molar-refractivity contribution in [3.8, 4) is 0 Å². The van der Waals surface area contributed by atoms with E-state index in [0.717, 1.165) is 23.0 Å². The van der Waals surface area contributed by atoms with E-state index in [1.807, 2.05) is 4.98 Å². The zero-order chi connectivity index (χ0) is 24.6. The highest BCUT2D eigenvalue weighted by atomic mass is 19.1. The van der Waals surface area contributed by atoms with Crippen molar-refractivity contribution in [3.63, 3.8) is 0 Å². The normalized spacial score (nSPS) is 39.2. The molecular formula is C25H29FN2O6. The van der Waals surface area contributed by atoms with E-state index in [-0.39, 0.29) is 47.6 Å². The number of halogens is 1. The van der Waals surface area contributed by atoms with Gasteiger partial charge in [0.05, 0.1) is 12.7 Å². The highest BCUT2D eigenvalue weighted by molar-refractivity contribution is 5.94. The SMILES string of the molecule is CC12CCC(=O)C=C1CCC1C2C(=O)CC2(C)C1CCC2(O)C(=O)Cn1cc(F)c(=O)[nH]c1=O. The number of aromatic amines is 1. The van der Waals surface area contributed by atoms with Crippen molar-refractivity contribution in [2.24, 2.45) is 28.6 Å². The van der Waals surface area contributed by atoms with Gasteiger partial charge in [-0.3, -0.25) is 28.7 Å². The fraction of sp³-hybridized carbons (Fsp3) is 0.640. The predicted octanol–water partition coefficient (Wildman–Crippen LogP) is 1.69. The van der Waals surface area contributed by atoms with E-state index in [4.69, 9.17) is 0 Å². The quantitative estimate of drug-likeness (QED) is 0.689. The number of carbonyl (C=O) groups is 3. The van der Waals surface area contributed by atoms with Gasteiger partial charge in [0.15, 0.2) is 11.6 Å². The number of carbonyl (C=O) groups excluding carboxylic acids is 3. The Labute approximate surface area is 195 Å². The van der Waals surface area contributed by atoms with Crippen molar-refractivity contribution >= 4 is 17.3 Å². The highest BCUT2D eigenvalue weighted by Crippen LogP contribution is 2.66. The molecule has 6 unspecified atom stereocenters. The van der Waals surface area contributed by atoms with Crippen LogP contribution in [0.15, 0.2) is 27.4 Å². The van der Waals surface area contributed by atoms with Gasteiger partial charge in [-0.2, -0.15) is 4.39 Å². The lowest BCUT2D eigenvalue weighted by atomic mass is 9.46. The highest BCUT2D eigenvalue weighted by Gasteiger charge is 2.68. The second-order valence-electron chi connectivity index (χ2n) is 11.1. The molecule has 1 aromatic heterocycles. The molecule has 0 spiro atoms. The first-order valence-corrected chi connectivity index (χ1v) is 11.9. The minimum Gasteiger partial charge on any atom is -0.381 e. The van der Waals surface area contributed by atoms with Gasteiger partial charge in [-0.1, -0.05) is 19.4 Å². The Morgan fingerprint density at radius 3 is 2.65 bits per heavy atom. The summed E-state index contributed by atoms with van der Waals surface area (Å²) in [5, 5.41) is 11.7. The average molecular weight is 473 g/mol. The summed E-state index contributed by atoms with van der Waals surface area (Å²) in [5.41, 5.74) is -4.29. The zero-order valence-corrected chi connectivity index (χ0v) is 19.4. The third kappa shape index (κ3) is 3.01. The van der Waals surface area contributed by atoms with Crippen LogP contribution in [-0.4, -0.2) is 37.6 Å². The van der Waals surface area contributed by atoms with Crippen molar-refractivity contribution in [2.45, 2.75) is 70.9 Å². The van der Waals surface area contributed by atoms with Crippen LogP contribution in [0.3, 0.4) is 0 Å². The number of nitrogens with zero attached hydrogens (tertiary/aromatic N) is 1. The molecular weight excluding hydrogens is 443 g/mol. The summed E-state index contributed by atoms with van der Waals surface area (Å²) in [6.45, 7) is 3.26. The molecule has 3 saturated carbocycles. The van der Waals surface area contributed by atoms with Gasteiger partial charge in [0, 0.05) is 24.2 Å². The van der Waals surface area contributed by atoms with Crippen LogP contribution in [0.2, 0.25) is 0 Å². The summed E-state index contributed by atoms with van der Waals surface area (Å²) in [6, 6.07) is 0. The zero-order valence-electron chi connectivity index (χ0n) is 19.4. The van der Waals surface area contributed by atoms with Gasteiger partial charge in [0.2, 0.25) is 5.82 Å².